The Kier molecular flexibility index (Phi) is 6.46. The van der Waals surface area contributed by atoms with Crippen molar-refractivity contribution in [1.82, 2.24) is 5.32 Å². The van der Waals surface area contributed by atoms with Crippen LogP contribution in [0.25, 0.3) is 0 Å². The highest BCUT2D eigenvalue weighted by molar-refractivity contribution is 5.86. The van der Waals surface area contributed by atoms with Crippen LogP contribution < -0.4 is 11.1 Å². The van der Waals surface area contributed by atoms with Crippen molar-refractivity contribution in [3.8, 4) is 0 Å². The monoisotopic (exact) mass is 298 g/mol. The molecule has 0 bridgehead atoms. The van der Waals surface area contributed by atoms with E-state index in [0.29, 0.717) is 0 Å². The number of aliphatic hydroxyl groups is 1. The van der Waals surface area contributed by atoms with Gasteiger partial charge in [-0.25, -0.2) is 0 Å². The molecule has 4 N–H and O–H groups in total. The lowest BCUT2D eigenvalue weighted by Crippen LogP contribution is -2.55. The number of benzene rings is 1. The van der Waals surface area contributed by atoms with Crippen molar-refractivity contribution in [3.05, 3.63) is 35.9 Å². The Morgan fingerprint density at radius 1 is 1.25 bits per heavy atom. The molecule has 1 saturated carbocycles. The zero-order valence-electron chi connectivity index (χ0n) is 11.5. The van der Waals surface area contributed by atoms with Gasteiger partial charge in [0.15, 0.2) is 0 Å². The number of amides is 1. The molecule has 1 aromatic carbocycles. The highest BCUT2D eigenvalue weighted by Gasteiger charge is 2.35. The summed E-state index contributed by atoms with van der Waals surface area (Å²) in [5.74, 6) is -0.137. The van der Waals surface area contributed by atoms with Crippen LogP contribution in [0.3, 0.4) is 0 Å². The standard InChI is InChI=1S/C15H22N2O2.ClH/c16-15(9-5-2-6-10-15)14(19)17-11-13(18)12-7-3-1-4-8-12;/h1,3-4,7-8,13,18H,2,5-6,9-11,16H2,(H,17,19);1H. The molecule has 0 heterocycles. The number of nitrogens with two attached hydrogens (primary N) is 1. The van der Waals surface area contributed by atoms with Crippen molar-refractivity contribution in [1.29, 1.82) is 0 Å². The van der Waals surface area contributed by atoms with Crippen LogP contribution in [0.15, 0.2) is 30.3 Å². The first-order valence-electron chi connectivity index (χ1n) is 6.92. The average molecular weight is 299 g/mol. The Hall–Kier alpha value is -1.10. The van der Waals surface area contributed by atoms with Crippen LogP contribution in [0.4, 0.5) is 0 Å². The maximum atomic E-state index is 12.1. The minimum absolute atomic E-state index is 0. The van der Waals surface area contributed by atoms with Gasteiger partial charge in [0.25, 0.3) is 0 Å². The molecule has 1 aliphatic carbocycles. The van der Waals surface area contributed by atoms with Gasteiger partial charge in [0.1, 0.15) is 0 Å². The Morgan fingerprint density at radius 3 is 2.45 bits per heavy atom. The van der Waals surface area contributed by atoms with Gasteiger partial charge in [-0.3, -0.25) is 4.79 Å². The second-order valence-electron chi connectivity index (χ2n) is 5.35. The summed E-state index contributed by atoms with van der Waals surface area (Å²) in [4.78, 5) is 12.1. The predicted molar refractivity (Wildman–Crippen MR) is 81.7 cm³/mol. The van der Waals surface area contributed by atoms with E-state index in [1.54, 1.807) is 0 Å². The molecule has 0 radical (unpaired) electrons. The van der Waals surface area contributed by atoms with E-state index in [1.807, 2.05) is 30.3 Å². The second-order valence-corrected chi connectivity index (χ2v) is 5.35. The summed E-state index contributed by atoms with van der Waals surface area (Å²) >= 11 is 0. The number of rotatable bonds is 4. The molecule has 0 spiro atoms. The van der Waals surface area contributed by atoms with Gasteiger partial charge >= 0.3 is 0 Å². The third-order valence-corrected chi connectivity index (χ3v) is 3.84. The maximum Gasteiger partial charge on any atom is 0.240 e. The number of nitrogens with one attached hydrogen (secondary N) is 1. The van der Waals surface area contributed by atoms with Crippen LogP contribution in [-0.4, -0.2) is 23.1 Å². The minimum atomic E-state index is -0.741. The maximum absolute atomic E-state index is 12.1. The number of carbonyl (C=O) groups excluding carboxylic acids is 1. The summed E-state index contributed by atoms with van der Waals surface area (Å²) in [6, 6.07) is 9.31. The topological polar surface area (TPSA) is 75.4 Å². The molecule has 20 heavy (non-hydrogen) atoms. The summed E-state index contributed by atoms with van der Waals surface area (Å²) in [7, 11) is 0. The molecule has 112 valence electrons. The Bertz CT molecular complexity index is 419. The number of aliphatic hydroxyl groups excluding tert-OH is 1. The minimum Gasteiger partial charge on any atom is -0.387 e. The fraction of sp³-hybridized carbons (Fsp3) is 0.533. The third-order valence-electron chi connectivity index (χ3n) is 3.84. The van der Waals surface area contributed by atoms with Crippen molar-refractivity contribution in [2.45, 2.75) is 43.7 Å². The van der Waals surface area contributed by atoms with Gasteiger partial charge in [-0.1, -0.05) is 49.6 Å². The Morgan fingerprint density at radius 2 is 1.85 bits per heavy atom. The molecular weight excluding hydrogens is 276 g/mol. The van der Waals surface area contributed by atoms with Crippen LogP contribution in [-0.2, 0) is 4.79 Å². The van der Waals surface area contributed by atoms with E-state index in [0.717, 1.165) is 37.7 Å². The highest BCUT2D eigenvalue weighted by Crippen LogP contribution is 2.26. The van der Waals surface area contributed by atoms with Crippen molar-refractivity contribution >= 4 is 18.3 Å². The number of hydrogen-bond acceptors (Lipinski definition) is 3. The average Bonchev–Trinajstić information content (AvgIpc) is 2.46. The molecule has 1 fully saturated rings. The number of carbonyl (C=O) groups is 1. The van der Waals surface area contributed by atoms with E-state index >= 15 is 0 Å². The molecule has 0 saturated heterocycles. The zero-order valence-corrected chi connectivity index (χ0v) is 12.4. The first-order valence-corrected chi connectivity index (χ1v) is 6.92. The van der Waals surface area contributed by atoms with E-state index in [4.69, 9.17) is 5.73 Å². The van der Waals surface area contributed by atoms with Gasteiger partial charge in [0.05, 0.1) is 11.6 Å². The molecule has 0 aromatic heterocycles. The first-order chi connectivity index (χ1) is 9.12. The quantitative estimate of drug-likeness (QED) is 0.795. The highest BCUT2D eigenvalue weighted by atomic mass is 35.5. The number of halogens is 1. The molecule has 1 amide bonds. The lowest BCUT2D eigenvalue weighted by Gasteiger charge is -2.32. The molecule has 1 aliphatic rings. The second kappa shape index (κ2) is 7.62. The molecule has 4 nitrogen and oxygen atoms in total. The lowest BCUT2D eigenvalue weighted by atomic mass is 9.82. The van der Waals surface area contributed by atoms with Crippen molar-refractivity contribution < 1.29 is 9.90 Å². The van der Waals surface area contributed by atoms with Crippen LogP contribution in [0.1, 0.15) is 43.8 Å². The smallest absolute Gasteiger partial charge is 0.240 e. The summed E-state index contributed by atoms with van der Waals surface area (Å²) in [6.45, 7) is 0.210. The Balaban J connectivity index is 0.00000200. The molecule has 2 rings (SSSR count). The van der Waals surface area contributed by atoms with Gasteiger partial charge in [-0.15, -0.1) is 12.4 Å². The molecule has 1 atom stereocenters. The normalized spacial score (nSPS) is 18.7. The van der Waals surface area contributed by atoms with Crippen molar-refractivity contribution in [2.24, 2.45) is 5.73 Å². The number of hydrogen-bond donors (Lipinski definition) is 3. The third kappa shape index (κ3) is 4.20. The van der Waals surface area contributed by atoms with E-state index in [9.17, 15) is 9.90 Å². The fourth-order valence-electron chi connectivity index (χ4n) is 2.57. The largest absolute Gasteiger partial charge is 0.387 e. The van der Waals surface area contributed by atoms with Crippen molar-refractivity contribution in [2.75, 3.05) is 6.54 Å². The summed E-state index contributed by atoms with van der Waals surface area (Å²) in [6.07, 6.45) is 3.95. The molecule has 1 unspecified atom stereocenters. The molecule has 0 aliphatic heterocycles. The Labute approximate surface area is 126 Å². The molecule has 5 heteroatoms. The van der Waals surface area contributed by atoms with Crippen LogP contribution in [0.2, 0.25) is 0 Å². The van der Waals surface area contributed by atoms with E-state index in [1.165, 1.54) is 0 Å². The van der Waals surface area contributed by atoms with E-state index in [-0.39, 0.29) is 24.9 Å². The van der Waals surface area contributed by atoms with Crippen LogP contribution in [0.5, 0.6) is 0 Å². The van der Waals surface area contributed by atoms with Crippen LogP contribution >= 0.6 is 12.4 Å². The summed E-state index contributed by atoms with van der Waals surface area (Å²) < 4.78 is 0. The van der Waals surface area contributed by atoms with Crippen molar-refractivity contribution in [3.63, 3.8) is 0 Å². The zero-order chi connectivity index (χ0) is 13.7. The van der Waals surface area contributed by atoms with E-state index in [2.05, 4.69) is 5.32 Å². The predicted octanol–water partition coefficient (Wildman–Crippen LogP) is 1.92. The van der Waals surface area contributed by atoms with E-state index < -0.39 is 11.6 Å². The van der Waals surface area contributed by atoms with Crippen LogP contribution in [0, 0.1) is 0 Å². The van der Waals surface area contributed by atoms with Gasteiger partial charge in [-0.2, -0.15) is 0 Å². The molecular formula is C15H23ClN2O2. The molecule has 1 aromatic rings. The van der Waals surface area contributed by atoms with Gasteiger partial charge in [0.2, 0.25) is 5.91 Å². The van der Waals surface area contributed by atoms with Gasteiger partial charge < -0.3 is 16.2 Å². The van der Waals surface area contributed by atoms with Gasteiger partial charge in [-0.05, 0) is 18.4 Å². The first kappa shape index (κ1) is 17.0. The fourth-order valence-corrected chi connectivity index (χ4v) is 2.57. The van der Waals surface area contributed by atoms with Gasteiger partial charge in [0, 0.05) is 6.54 Å². The summed E-state index contributed by atoms with van der Waals surface area (Å²) in [5, 5.41) is 12.8. The summed E-state index contributed by atoms with van der Waals surface area (Å²) in [5.41, 5.74) is 6.20. The SMILES string of the molecule is Cl.NC1(C(=O)NCC(O)c2ccccc2)CCCCC1. The lowest BCUT2D eigenvalue weighted by molar-refractivity contribution is -0.128.